The molecule has 0 radical (unpaired) electrons. The highest BCUT2D eigenvalue weighted by Gasteiger charge is 2.36. The number of amides is 1. The Morgan fingerprint density at radius 1 is 1.35 bits per heavy atom. The maximum Gasteiger partial charge on any atom is 0.226 e. The van der Waals surface area contributed by atoms with Crippen LogP contribution < -0.4 is 5.32 Å². The van der Waals surface area contributed by atoms with Gasteiger partial charge in [0.25, 0.3) is 0 Å². The number of nitrogens with one attached hydrogen (secondary N) is 1. The molecule has 2 aliphatic heterocycles. The fourth-order valence-electron chi connectivity index (χ4n) is 3.19. The van der Waals surface area contributed by atoms with Gasteiger partial charge in [-0.15, -0.1) is 0 Å². The summed E-state index contributed by atoms with van der Waals surface area (Å²) in [4.78, 5) is 14.8. The Bertz CT molecular complexity index is 484. The van der Waals surface area contributed by atoms with Gasteiger partial charge in [-0.1, -0.05) is 30.7 Å². The van der Waals surface area contributed by atoms with Crippen LogP contribution in [0.25, 0.3) is 0 Å². The zero-order valence-corrected chi connectivity index (χ0v) is 12.6. The third-order valence-corrected chi connectivity index (χ3v) is 4.95. The number of carbonyl (C=O) groups is 1. The molecule has 3 rings (SSSR count). The number of benzene rings is 1. The fourth-order valence-corrected chi connectivity index (χ4v) is 3.32. The summed E-state index contributed by atoms with van der Waals surface area (Å²) in [5, 5.41) is 4.00. The molecule has 4 heteroatoms. The summed E-state index contributed by atoms with van der Waals surface area (Å²) >= 11 is 5.95. The van der Waals surface area contributed by atoms with Crippen molar-refractivity contribution in [3.05, 3.63) is 34.9 Å². The maximum absolute atomic E-state index is 12.7. The van der Waals surface area contributed by atoms with Crippen LogP contribution in [0.3, 0.4) is 0 Å². The number of rotatable bonds is 3. The molecule has 2 aliphatic rings. The van der Waals surface area contributed by atoms with E-state index in [1.54, 1.807) is 0 Å². The third kappa shape index (κ3) is 2.57. The largest absolute Gasteiger partial charge is 0.335 e. The number of likely N-dealkylation sites (tertiary alicyclic amines) is 1. The van der Waals surface area contributed by atoms with E-state index in [0.717, 1.165) is 37.5 Å². The Morgan fingerprint density at radius 3 is 2.65 bits per heavy atom. The molecule has 1 N–H and O–H groups in total. The fraction of sp³-hybridized carbons (Fsp3) is 0.562. The van der Waals surface area contributed by atoms with Crippen LogP contribution in [0.2, 0.25) is 5.02 Å². The quantitative estimate of drug-likeness (QED) is 0.929. The van der Waals surface area contributed by atoms with Gasteiger partial charge >= 0.3 is 0 Å². The second kappa shape index (κ2) is 5.74. The molecule has 2 saturated heterocycles. The van der Waals surface area contributed by atoms with E-state index in [4.69, 9.17) is 11.6 Å². The molecule has 0 aromatic heterocycles. The summed E-state index contributed by atoms with van der Waals surface area (Å²) in [7, 11) is 0. The zero-order chi connectivity index (χ0) is 14.1. The minimum Gasteiger partial charge on any atom is -0.335 e. The average Bonchev–Trinajstić information content (AvgIpc) is 2.85. The van der Waals surface area contributed by atoms with E-state index in [1.807, 2.05) is 24.3 Å². The first-order chi connectivity index (χ1) is 9.66. The molecule has 0 saturated carbocycles. The van der Waals surface area contributed by atoms with Gasteiger partial charge in [0.05, 0.1) is 6.04 Å². The molecular weight excluding hydrogens is 272 g/mol. The first-order valence-electron chi connectivity index (χ1n) is 7.43. The number of nitrogens with zero attached hydrogens (tertiary/aromatic N) is 1. The number of carbonyl (C=O) groups excluding carboxylic acids is 1. The molecule has 2 heterocycles. The first kappa shape index (κ1) is 13.9. The molecule has 1 amide bonds. The van der Waals surface area contributed by atoms with Gasteiger partial charge in [-0.2, -0.15) is 0 Å². The van der Waals surface area contributed by atoms with Crippen LogP contribution >= 0.6 is 11.6 Å². The molecule has 1 aromatic carbocycles. The molecule has 0 bridgehead atoms. The Balaban J connectivity index is 1.74. The lowest BCUT2D eigenvalue weighted by Crippen LogP contribution is -2.50. The smallest absolute Gasteiger partial charge is 0.226 e. The minimum atomic E-state index is 0.129. The van der Waals surface area contributed by atoms with E-state index < -0.39 is 0 Å². The van der Waals surface area contributed by atoms with E-state index in [-0.39, 0.29) is 12.0 Å². The lowest BCUT2D eigenvalue weighted by molar-refractivity contribution is -0.138. The summed E-state index contributed by atoms with van der Waals surface area (Å²) in [5.74, 6) is 0.951. The monoisotopic (exact) mass is 292 g/mol. The van der Waals surface area contributed by atoms with Crippen molar-refractivity contribution < 1.29 is 4.79 Å². The lowest BCUT2D eigenvalue weighted by Gasteiger charge is -2.35. The molecule has 2 atom stereocenters. The predicted octanol–water partition coefficient (Wildman–Crippen LogP) is 2.86. The van der Waals surface area contributed by atoms with E-state index in [1.165, 1.54) is 5.56 Å². The number of hydrogen-bond acceptors (Lipinski definition) is 2. The topological polar surface area (TPSA) is 32.3 Å². The minimum absolute atomic E-state index is 0.129. The first-order valence-corrected chi connectivity index (χ1v) is 7.81. The van der Waals surface area contributed by atoms with E-state index >= 15 is 0 Å². The van der Waals surface area contributed by atoms with Crippen LogP contribution in [0.5, 0.6) is 0 Å². The van der Waals surface area contributed by atoms with Crippen LogP contribution in [0.1, 0.15) is 31.4 Å². The number of hydrogen-bond donors (Lipinski definition) is 1. The van der Waals surface area contributed by atoms with Crippen molar-refractivity contribution in [3.63, 3.8) is 0 Å². The van der Waals surface area contributed by atoms with Gasteiger partial charge in [0, 0.05) is 17.5 Å². The van der Waals surface area contributed by atoms with Crippen molar-refractivity contribution >= 4 is 17.5 Å². The molecule has 20 heavy (non-hydrogen) atoms. The van der Waals surface area contributed by atoms with Crippen LogP contribution in [0.15, 0.2) is 24.3 Å². The Hall–Kier alpha value is -1.06. The van der Waals surface area contributed by atoms with Crippen molar-refractivity contribution in [1.82, 2.24) is 10.2 Å². The van der Waals surface area contributed by atoms with Crippen molar-refractivity contribution in [2.75, 3.05) is 19.6 Å². The van der Waals surface area contributed by atoms with Crippen molar-refractivity contribution in [1.29, 1.82) is 0 Å². The van der Waals surface area contributed by atoms with Crippen molar-refractivity contribution in [2.24, 2.45) is 11.8 Å². The molecule has 3 nitrogen and oxygen atoms in total. The molecule has 0 spiro atoms. The maximum atomic E-state index is 12.7. The highest BCUT2D eigenvalue weighted by atomic mass is 35.5. The highest BCUT2D eigenvalue weighted by Crippen LogP contribution is 2.34. The summed E-state index contributed by atoms with van der Waals surface area (Å²) in [6.45, 7) is 4.92. The van der Waals surface area contributed by atoms with E-state index in [2.05, 4.69) is 17.1 Å². The van der Waals surface area contributed by atoms with Gasteiger partial charge < -0.3 is 10.2 Å². The van der Waals surface area contributed by atoms with Gasteiger partial charge in [0.2, 0.25) is 5.91 Å². The Labute approximate surface area is 125 Å². The van der Waals surface area contributed by atoms with E-state index in [0.29, 0.717) is 11.8 Å². The zero-order valence-electron chi connectivity index (χ0n) is 11.8. The highest BCUT2D eigenvalue weighted by molar-refractivity contribution is 6.30. The van der Waals surface area contributed by atoms with Gasteiger partial charge in [-0.05, 0) is 49.5 Å². The molecule has 2 fully saturated rings. The van der Waals surface area contributed by atoms with E-state index in [9.17, 15) is 4.79 Å². The van der Waals surface area contributed by atoms with Crippen LogP contribution in [0, 0.1) is 11.8 Å². The number of halogens is 1. The standard InChI is InChI=1S/C16H21ClN2O/c1-11(13-9-18-10-13)16(20)19-8-2-3-15(19)12-4-6-14(17)7-5-12/h4-7,11,13,15,18H,2-3,8-10H2,1H3. The summed E-state index contributed by atoms with van der Waals surface area (Å²) in [6.07, 6.45) is 2.15. The molecule has 2 unspecified atom stereocenters. The van der Waals surface area contributed by atoms with Crippen molar-refractivity contribution in [2.45, 2.75) is 25.8 Å². The molecule has 0 aliphatic carbocycles. The summed E-state index contributed by atoms with van der Waals surface area (Å²) < 4.78 is 0. The van der Waals surface area contributed by atoms with Gasteiger partial charge in [0.15, 0.2) is 0 Å². The average molecular weight is 293 g/mol. The summed E-state index contributed by atoms with van der Waals surface area (Å²) in [6, 6.07) is 8.16. The predicted molar refractivity (Wildman–Crippen MR) is 80.7 cm³/mol. The van der Waals surface area contributed by atoms with Crippen molar-refractivity contribution in [3.8, 4) is 0 Å². The van der Waals surface area contributed by atoms with Crippen LogP contribution in [-0.4, -0.2) is 30.4 Å². The normalized spacial score (nSPS) is 24.5. The van der Waals surface area contributed by atoms with Gasteiger partial charge in [-0.3, -0.25) is 4.79 Å². The lowest BCUT2D eigenvalue weighted by atomic mass is 9.87. The second-order valence-corrected chi connectivity index (χ2v) is 6.38. The Kier molecular flexibility index (Phi) is 3.99. The van der Waals surface area contributed by atoms with Gasteiger partial charge in [-0.25, -0.2) is 0 Å². The Morgan fingerprint density at radius 2 is 2.05 bits per heavy atom. The summed E-state index contributed by atoms with van der Waals surface area (Å²) in [5.41, 5.74) is 1.21. The molecule has 1 aromatic rings. The third-order valence-electron chi connectivity index (χ3n) is 4.70. The van der Waals surface area contributed by atoms with Crippen LogP contribution in [0.4, 0.5) is 0 Å². The molecular formula is C16H21ClN2O. The van der Waals surface area contributed by atoms with Gasteiger partial charge in [0.1, 0.15) is 0 Å². The SMILES string of the molecule is CC(C(=O)N1CCCC1c1ccc(Cl)cc1)C1CNC1. The molecule has 108 valence electrons. The second-order valence-electron chi connectivity index (χ2n) is 5.95. The van der Waals surface area contributed by atoms with Crippen LogP contribution in [-0.2, 0) is 4.79 Å².